The van der Waals surface area contributed by atoms with E-state index in [1.54, 1.807) is 6.07 Å². The SMILES string of the molecule is COc1ccc(C(=O)O[C@@H](C)C#N)cc1[N+](=O)[O-]. The quantitative estimate of drug-likeness (QED) is 0.457. The molecule has 7 heteroatoms. The van der Waals surface area contributed by atoms with Gasteiger partial charge in [-0.05, 0) is 19.1 Å². The first-order chi connectivity index (χ1) is 8.49. The molecule has 94 valence electrons. The van der Waals surface area contributed by atoms with Crippen LogP contribution in [-0.4, -0.2) is 24.1 Å². The topological polar surface area (TPSA) is 102 Å². The van der Waals surface area contributed by atoms with E-state index in [2.05, 4.69) is 0 Å². The summed E-state index contributed by atoms with van der Waals surface area (Å²) >= 11 is 0. The van der Waals surface area contributed by atoms with Crippen molar-refractivity contribution in [3.8, 4) is 11.8 Å². The summed E-state index contributed by atoms with van der Waals surface area (Å²) in [6.45, 7) is 1.40. The van der Waals surface area contributed by atoms with Crippen LogP contribution in [0.2, 0.25) is 0 Å². The number of esters is 1. The van der Waals surface area contributed by atoms with Gasteiger partial charge in [0.1, 0.15) is 6.07 Å². The first-order valence-electron chi connectivity index (χ1n) is 4.92. The van der Waals surface area contributed by atoms with Crippen LogP contribution in [-0.2, 0) is 4.74 Å². The monoisotopic (exact) mass is 250 g/mol. The van der Waals surface area contributed by atoms with Gasteiger partial charge in [-0.1, -0.05) is 0 Å². The highest BCUT2D eigenvalue weighted by Gasteiger charge is 2.19. The molecule has 0 fully saturated rings. The van der Waals surface area contributed by atoms with Gasteiger partial charge in [0.25, 0.3) is 0 Å². The second kappa shape index (κ2) is 5.63. The van der Waals surface area contributed by atoms with E-state index < -0.39 is 17.0 Å². The molecule has 1 aromatic rings. The third kappa shape index (κ3) is 2.95. The number of carbonyl (C=O) groups excluding carboxylic acids is 1. The standard InChI is InChI=1S/C11H10N2O5/c1-7(6-12)18-11(14)8-3-4-10(17-2)9(5-8)13(15)16/h3-5,7H,1-2H3/t7-/m0/s1. The number of carbonyl (C=O) groups is 1. The summed E-state index contributed by atoms with van der Waals surface area (Å²) in [5.41, 5.74) is -0.346. The lowest BCUT2D eigenvalue weighted by molar-refractivity contribution is -0.385. The number of nitro benzene ring substituents is 1. The van der Waals surface area contributed by atoms with Crippen LogP contribution >= 0.6 is 0 Å². The largest absolute Gasteiger partial charge is 0.490 e. The molecule has 0 aliphatic heterocycles. The van der Waals surface area contributed by atoms with Crippen molar-refractivity contribution in [2.75, 3.05) is 7.11 Å². The predicted octanol–water partition coefficient (Wildman–Crippen LogP) is 1.67. The Kier molecular flexibility index (Phi) is 4.21. The lowest BCUT2D eigenvalue weighted by Crippen LogP contribution is -2.13. The Hall–Kier alpha value is -2.62. The van der Waals surface area contributed by atoms with E-state index in [0.717, 1.165) is 6.07 Å². The first kappa shape index (κ1) is 13.4. The average molecular weight is 250 g/mol. The van der Waals surface area contributed by atoms with Crippen molar-refractivity contribution in [3.63, 3.8) is 0 Å². The number of rotatable bonds is 4. The Labute approximate surface area is 103 Å². The molecule has 0 amide bonds. The van der Waals surface area contributed by atoms with Crippen molar-refractivity contribution >= 4 is 11.7 Å². The van der Waals surface area contributed by atoms with E-state index in [4.69, 9.17) is 14.7 Å². The number of nitriles is 1. The molecule has 0 aromatic heterocycles. The number of nitro groups is 1. The normalized spacial score (nSPS) is 11.2. The van der Waals surface area contributed by atoms with Gasteiger partial charge in [-0.15, -0.1) is 0 Å². The van der Waals surface area contributed by atoms with Crippen molar-refractivity contribution < 1.29 is 19.2 Å². The van der Waals surface area contributed by atoms with Crippen LogP contribution in [0.3, 0.4) is 0 Å². The molecule has 1 aromatic carbocycles. The minimum Gasteiger partial charge on any atom is -0.490 e. The van der Waals surface area contributed by atoms with Gasteiger partial charge in [-0.2, -0.15) is 5.26 Å². The molecule has 0 unspecified atom stereocenters. The Bertz CT molecular complexity index is 521. The van der Waals surface area contributed by atoms with E-state index in [-0.39, 0.29) is 17.0 Å². The third-order valence-electron chi connectivity index (χ3n) is 2.08. The Morgan fingerprint density at radius 1 is 1.56 bits per heavy atom. The molecule has 1 rings (SSSR count). The zero-order valence-electron chi connectivity index (χ0n) is 9.75. The summed E-state index contributed by atoms with van der Waals surface area (Å²) in [6, 6.07) is 5.40. The van der Waals surface area contributed by atoms with E-state index in [9.17, 15) is 14.9 Å². The van der Waals surface area contributed by atoms with Crippen molar-refractivity contribution in [2.24, 2.45) is 0 Å². The molecule has 0 saturated carbocycles. The van der Waals surface area contributed by atoms with E-state index >= 15 is 0 Å². The van der Waals surface area contributed by atoms with E-state index in [0.29, 0.717) is 0 Å². The molecule has 0 N–H and O–H groups in total. The maximum Gasteiger partial charge on any atom is 0.339 e. The van der Waals surface area contributed by atoms with Crippen LogP contribution in [0.1, 0.15) is 17.3 Å². The van der Waals surface area contributed by atoms with Crippen LogP contribution < -0.4 is 4.74 Å². The fourth-order valence-electron chi connectivity index (χ4n) is 1.21. The zero-order chi connectivity index (χ0) is 13.7. The molecular weight excluding hydrogens is 240 g/mol. The highest BCUT2D eigenvalue weighted by Crippen LogP contribution is 2.27. The Balaban J connectivity index is 3.05. The fraction of sp³-hybridized carbons (Fsp3) is 0.273. The summed E-state index contributed by atoms with van der Waals surface area (Å²) in [5.74, 6) is -0.750. The van der Waals surface area contributed by atoms with Crippen molar-refractivity contribution in [2.45, 2.75) is 13.0 Å². The van der Waals surface area contributed by atoms with Gasteiger partial charge in [0, 0.05) is 6.07 Å². The van der Waals surface area contributed by atoms with Crippen molar-refractivity contribution in [1.82, 2.24) is 0 Å². The average Bonchev–Trinajstić information content (AvgIpc) is 2.37. The molecule has 0 heterocycles. The number of nitrogens with zero attached hydrogens (tertiary/aromatic N) is 2. The number of ether oxygens (including phenoxy) is 2. The van der Waals surface area contributed by atoms with E-state index in [1.807, 2.05) is 0 Å². The minimum absolute atomic E-state index is 0.00963. The number of hydrogen-bond acceptors (Lipinski definition) is 6. The third-order valence-corrected chi connectivity index (χ3v) is 2.08. The lowest BCUT2D eigenvalue weighted by atomic mass is 10.2. The van der Waals surface area contributed by atoms with Gasteiger partial charge in [0.15, 0.2) is 11.9 Å². The van der Waals surface area contributed by atoms with Gasteiger partial charge in [0.2, 0.25) is 0 Å². The van der Waals surface area contributed by atoms with Gasteiger partial charge in [-0.3, -0.25) is 10.1 Å². The number of methoxy groups -OCH3 is 1. The van der Waals surface area contributed by atoms with Gasteiger partial charge >= 0.3 is 11.7 Å². The summed E-state index contributed by atoms with van der Waals surface area (Å²) < 4.78 is 9.53. The first-order valence-corrected chi connectivity index (χ1v) is 4.92. The lowest BCUT2D eigenvalue weighted by Gasteiger charge is -2.07. The van der Waals surface area contributed by atoms with Crippen molar-refractivity contribution in [1.29, 1.82) is 5.26 Å². The van der Waals surface area contributed by atoms with Crippen LogP contribution in [0.4, 0.5) is 5.69 Å². The zero-order valence-corrected chi connectivity index (χ0v) is 9.75. The molecule has 0 bridgehead atoms. The Morgan fingerprint density at radius 2 is 2.22 bits per heavy atom. The summed E-state index contributed by atoms with van der Waals surface area (Å²) in [4.78, 5) is 21.6. The molecule has 0 aliphatic carbocycles. The smallest absolute Gasteiger partial charge is 0.339 e. The maximum atomic E-state index is 11.6. The summed E-state index contributed by atoms with van der Waals surface area (Å²) in [5, 5.41) is 19.3. The molecule has 0 saturated heterocycles. The number of benzene rings is 1. The Morgan fingerprint density at radius 3 is 2.72 bits per heavy atom. The molecule has 7 nitrogen and oxygen atoms in total. The van der Waals surface area contributed by atoms with Gasteiger partial charge < -0.3 is 9.47 Å². The molecule has 18 heavy (non-hydrogen) atoms. The molecular formula is C11H10N2O5. The minimum atomic E-state index is -0.918. The molecule has 0 radical (unpaired) electrons. The maximum absolute atomic E-state index is 11.6. The van der Waals surface area contributed by atoms with E-state index in [1.165, 1.54) is 26.2 Å². The van der Waals surface area contributed by atoms with Gasteiger partial charge in [0.05, 0.1) is 17.6 Å². The van der Waals surface area contributed by atoms with Crippen LogP contribution in [0.25, 0.3) is 0 Å². The second-order valence-corrected chi connectivity index (χ2v) is 3.32. The number of hydrogen-bond donors (Lipinski definition) is 0. The van der Waals surface area contributed by atoms with Gasteiger partial charge in [-0.25, -0.2) is 4.79 Å². The summed E-state index contributed by atoms with van der Waals surface area (Å²) in [6.07, 6.45) is -0.918. The fourth-order valence-corrected chi connectivity index (χ4v) is 1.21. The molecule has 0 spiro atoms. The van der Waals surface area contributed by atoms with Crippen LogP contribution in [0, 0.1) is 21.4 Å². The predicted molar refractivity (Wildman–Crippen MR) is 60.1 cm³/mol. The second-order valence-electron chi connectivity index (χ2n) is 3.32. The highest BCUT2D eigenvalue weighted by atomic mass is 16.6. The van der Waals surface area contributed by atoms with Crippen LogP contribution in [0.15, 0.2) is 18.2 Å². The van der Waals surface area contributed by atoms with Crippen LogP contribution in [0.5, 0.6) is 5.75 Å². The highest BCUT2D eigenvalue weighted by molar-refractivity contribution is 5.90. The molecule has 0 aliphatic rings. The molecule has 1 atom stereocenters. The summed E-state index contributed by atoms with van der Waals surface area (Å²) in [7, 11) is 1.29. The van der Waals surface area contributed by atoms with Crippen molar-refractivity contribution in [3.05, 3.63) is 33.9 Å².